The lowest BCUT2D eigenvalue weighted by molar-refractivity contribution is -0.130. The zero-order valence-corrected chi connectivity index (χ0v) is 14.4. The predicted molar refractivity (Wildman–Crippen MR) is 99.7 cm³/mol. The molecule has 1 rings (SSSR count). The Bertz CT molecular complexity index is 525. The number of aryl methyl sites for hydroxylation is 1. The highest BCUT2D eigenvalue weighted by Gasteiger charge is 2.12. The van der Waals surface area contributed by atoms with Crippen molar-refractivity contribution in [1.82, 2.24) is 4.90 Å². The van der Waals surface area contributed by atoms with Crippen molar-refractivity contribution in [1.29, 1.82) is 0 Å². The summed E-state index contributed by atoms with van der Waals surface area (Å²) in [5, 5.41) is 0. The minimum atomic E-state index is 0.108. The standard InChI is InChI=1S/C19H29N3O/c1-5-13-22(14-6-2)19(23)12-10-16-9-11-18(17(20)15-16)21(7-3)8-4/h5-6,9,11,15H,1-2,7-8,10,12-14,20H2,3-4H3. The van der Waals surface area contributed by atoms with Crippen molar-refractivity contribution in [3.63, 3.8) is 0 Å². The van der Waals surface area contributed by atoms with Gasteiger partial charge < -0.3 is 15.5 Å². The molecule has 1 aromatic rings. The van der Waals surface area contributed by atoms with Crippen molar-refractivity contribution >= 4 is 17.3 Å². The van der Waals surface area contributed by atoms with Gasteiger partial charge in [-0.25, -0.2) is 0 Å². The van der Waals surface area contributed by atoms with Gasteiger partial charge in [-0.15, -0.1) is 13.2 Å². The van der Waals surface area contributed by atoms with E-state index >= 15 is 0 Å². The maximum Gasteiger partial charge on any atom is 0.223 e. The van der Waals surface area contributed by atoms with Crippen molar-refractivity contribution in [2.75, 3.05) is 36.8 Å². The van der Waals surface area contributed by atoms with Gasteiger partial charge in [-0.1, -0.05) is 18.2 Å². The Morgan fingerprint density at radius 1 is 1.17 bits per heavy atom. The Balaban J connectivity index is 2.71. The zero-order chi connectivity index (χ0) is 17.2. The van der Waals surface area contributed by atoms with Gasteiger partial charge in [0.05, 0.1) is 11.4 Å². The Morgan fingerprint density at radius 3 is 2.26 bits per heavy atom. The minimum absolute atomic E-state index is 0.108. The molecular weight excluding hydrogens is 286 g/mol. The number of carbonyl (C=O) groups is 1. The molecule has 126 valence electrons. The van der Waals surface area contributed by atoms with Crippen LogP contribution in [0.25, 0.3) is 0 Å². The largest absolute Gasteiger partial charge is 0.397 e. The highest BCUT2D eigenvalue weighted by molar-refractivity contribution is 5.77. The van der Waals surface area contributed by atoms with Gasteiger partial charge >= 0.3 is 0 Å². The second-order valence-corrected chi connectivity index (χ2v) is 5.44. The van der Waals surface area contributed by atoms with E-state index in [1.807, 2.05) is 12.1 Å². The Kier molecular flexibility index (Phi) is 7.95. The van der Waals surface area contributed by atoms with E-state index in [4.69, 9.17) is 5.73 Å². The van der Waals surface area contributed by atoms with Crippen LogP contribution in [0, 0.1) is 0 Å². The van der Waals surface area contributed by atoms with Crippen LogP contribution < -0.4 is 10.6 Å². The van der Waals surface area contributed by atoms with E-state index in [0.29, 0.717) is 25.9 Å². The first-order valence-electron chi connectivity index (χ1n) is 8.20. The number of carbonyl (C=O) groups excluding carboxylic acids is 1. The number of anilines is 2. The molecule has 2 N–H and O–H groups in total. The van der Waals surface area contributed by atoms with Crippen molar-refractivity contribution in [2.45, 2.75) is 26.7 Å². The summed E-state index contributed by atoms with van der Waals surface area (Å²) in [6.07, 6.45) is 4.62. The number of nitrogen functional groups attached to an aromatic ring is 1. The third kappa shape index (κ3) is 5.47. The molecule has 0 aromatic heterocycles. The minimum Gasteiger partial charge on any atom is -0.397 e. The van der Waals surface area contributed by atoms with Crippen LogP contribution in [-0.4, -0.2) is 37.0 Å². The van der Waals surface area contributed by atoms with E-state index in [1.54, 1.807) is 17.1 Å². The molecular formula is C19H29N3O. The Hall–Kier alpha value is -2.23. The molecule has 0 spiro atoms. The molecule has 0 aliphatic carbocycles. The third-order valence-electron chi connectivity index (χ3n) is 3.88. The van der Waals surface area contributed by atoms with Crippen LogP contribution in [0.3, 0.4) is 0 Å². The van der Waals surface area contributed by atoms with Gasteiger partial charge in [0, 0.05) is 32.6 Å². The van der Waals surface area contributed by atoms with E-state index in [-0.39, 0.29) is 5.91 Å². The summed E-state index contributed by atoms with van der Waals surface area (Å²) >= 11 is 0. The quantitative estimate of drug-likeness (QED) is 0.532. The van der Waals surface area contributed by atoms with Gasteiger partial charge in [-0.3, -0.25) is 4.79 Å². The molecule has 1 amide bonds. The average Bonchev–Trinajstić information content (AvgIpc) is 2.55. The molecule has 1 aromatic carbocycles. The lowest BCUT2D eigenvalue weighted by Crippen LogP contribution is -2.31. The molecule has 0 saturated heterocycles. The molecule has 23 heavy (non-hydrogen) atoms. The van der Waals surface area contributed by atoms with E-state index in [9.17, 15) is 4.79 Å². The fraction of sp³-hybridized carbons (Fsp3) is 0.421. The summed E-state index contributed by atoms with van der Waals surface area (Å²) in [6, 6.07) is 6.09. The SMILES string of the molecule is C=CCN(CC=C)C(=O)CCc1ccc(N(CC)CC)c(N)c1. The maximum absolute atomic E-state index is 12.2. The smallest absolute Gasteiger partial charge is 0.223 e. The van der Waals surface area contributed by atoms with Gasteiger partial charge in [0.2, 0.25) is 5.91 Å². The topological polar surface area (TPSA) is 49.6 Å². The number of nitrogens with two attached hydrogens (primary N) is 1. The van der Waals surface area contributed by atoms with Crippen LogP contribution in [0.1, 0.15) is 25.8 Å². The Morgan fingerprint density at radius 2 is 1.78 bits per heavy atom. The second-order valence-electron chi connectivity index (χ2n) is 5.44. The Labute approximate surface area is 140 Å². The second kappa shape index (κ2) is 9.72. The van der Waals surface area contributed by atoms with Gasteiger partial charge in [-0.05, 0) is 38.0 Å². The third-order valence-corrected chi connectivity index (χ3v) is 3.88. The number of nitrogens with zero attached hydrogens (tertiary/aromatic N) is 2. The molecule has 0 aliphatic rings. The van der Waals surface area contributed by atoms with Gasteiger partial charge in [-0.2, -0.15) is 0 Å². The molecule has 0 atom stereocenters. The molecule has 0 aliphatic heterocycles. The molecule has 4 heteroatoms. The van der Waals surface area contributed by atoms with Crippen molar-refractivity contribution in [2.24, 2.45) is 0 Å². The normalized spacial score (nSPS) is 10.2. The number of hydrogen-bond donors (Lipinski definition) is 1. The summed E-state index contributed by atoms with van der Waals surface area (Å²) in [7, 11) is 0. The predicted octanol–water partition coefficient (Wildman–Crippen LogP) is 3.25. The summed E-state index contributed by atoms with van der Waals surface area (Å²) in [5.74, 6) is 0.108. The fourth-order valence-electron chi connectivity index (χ4n) is 2.61. The van der Waals surface area contributed by atoms with Crippen molar-refractivity contribution in [3.8, 4) is 0 Å². The average molecular weight is 315 g/mol. The lowest BCUT2D eigenvalue weighted by Gasteiger charge is -2.23. The van der Waals surface area contributed by atoms with Crippen molar-refractivity contribution in [3.05, 3.63) is 49.1 Å². The molecule has 0 bridgehead atoms. The lowest BCUT2D eigenvalue weighted by atomic mass is 10.1. The van der Waals surface area contributed by atoms with E-state index in [1.165, 1.54) is 0 Å². The summed E-state index contributed by atoms with van der Waals surface area (Å²) < 4.78 is 0. The number of amides is 1. The summed E-state index contributed by atoms with van der Waals surface area (Å²) in [5.41, 5.74) is 9.09. The zero-order valence-electron chi connectivity index (χ0n) is 14.4. The van der Waals surface area contributed by atoms with E-state index in [2.05, 4.69) is 38.0 Å². The molecule has 4 nitrogen and oxygen atoms in total. The highest BCUT2D eigenvalue weighted by Crippen LogP contribution is 2.24. The van der Waals surface area contributed by atoms with Gasteiger partial charge in [0.25, 0.3) is 0 Å². The summed E-state index contributed by atoms with van der Waals surface area (Å²) in [6.45, 7) is 14.6. The number of rotatable bonds is 10. The van der Waals surface area contributed by atoms with Crippen LogP contribution in [-0.2, 0) is 11.2 Å². The monoisotopic (exact) mass is 315 g/mol. The van der Waals surface area contributed by atoms with Crippen LogP contribution >= 0.6 is 0 Å². The van der Waals surface area contributed by atoms with Crippen LogP contribution in [0.15, 0.2) is 43.5 Å². The number of hydrogen-bond acceptors (Lipinski definition) is 3. The first kappa shape index (κ1) is 18.8. The molecule has 0 radical (unpaired) electrons. The fourth-order valence-corrected chi connectivity index (χ4v) is 2.61. The maximum atomic E-state index is 12.2. The highest BCUT2D eigenvalue weighted by atomic mass is 16.2. The summed E-state index contributed by atoms with van der Waals surface area (Å²) in [4.78, 5) is 16.2. The van der Waals surface area contributed by atoms with Crippen molar-refractivity contribution < 1.29 is 4.79 Å². The number of benzene rings is 1. The van der Waals surface area contributed by atoms with E-state index in [0.717, 1.165) is 30.0 Å². The molecule has 0 heterocycles. The van der Waals surface area contributed by atoms with E-state index < -0.39 is 0 Å². The first-order valence-corrected chi connectivity index (χ1v) is 8.20. The van der Waals surface area contributed by atoms with Crippen LogP contribution in [0.5, 0.6) is 0 Å². The van der Waals surface area contributed by atoms with Gasteiger partial charge in [0.1, 0.15) is 0 Å². The molecule has 0 saturated carbocycles. The molecule has 0 unspecified atom stereocenters. The van der Waals surface area contributed by atoms with Crippen LogP contribution in [0.4, 0.5) is 11.4 Å². The first-order chi connectivity index (χ1) is 11.1. The molecule has 0 fully saturated rings. The van der Waals surface area contributed by atoms with Gasteiger partial charge in [0.15, 0.2) is 0 Å². The van der Waals surface area contributed by atoms with Crippen LogP contribution in [0.2, 0.25) is 0 Å².